The van der Waals surface area contributed by atoms with Gasteiger partial charge in [0, 0.05) is 68.6 Å². The number of nitriles is 1. The standard InChI is InChI=1S/C47H47ClF4N10O5/c1-45(2,47(50,51)52)43-55-38(57-58-43)23-54-44(67)46(25-53)21-28-17-31(34(48)18-29(28)22-46)27-5-3-26(4-6-27)24-59-11-9-30(10-12-59)60-13-15-61(16-14-60)37-20-33-32(19-35(37)49)41(65)62(42(33)66)36-7-8-39(63)56-40(36)64/h3-6,17-20,30,36H,7-16,21-24H2,1-2H3,(H,54,67)(H,55,57,58)(H,56,63,64). The molecule has 67 heavy (non-hydrogen) atoms. The van der Waals surface area contributed by atoms with Crippen LogP contribution in [0.1, 0.15) is 88.6 Å². The molecule has 15 nitrogen and oxygen atoms in total. The number of piperidine rings is 2. The van der Waals surface area contributed by atoms with Crippen LogP contribution in [-0.4, -0.2) is 117 Å². The highest BCUT2D eigenvalue weighted by Gasteiger charge is 2.52. The number of hydrogen-bond acceptors (Lipinski definition) is 11. The van der Waals surface area contributed by atoms with Crippen LogP contribution in [0.3, 0.4) is 0 Å². The number of imide groups is 2. The Morgan fingerprint density at radius 1 is 0.910 bits per heavy atom. The number of aromatic nitrogens is 3. The van der Waals surface area contributed by atoms with Crippen LogP contribution in [-0.2, 0) is 45.7 Å². The lowest BCUT2D eigenvalue weighted by Crippen LogP contribution is -2.54. The van der Waals surface area contributed by atoms with Crippen LogP contribution in [0.2, 0.25) is 5.02 Å². The van der Waals surface area contributed by atoms with Gasteiger partial charge in [0.1, 0.15) is 28.5 Å². The van der Waals surface area contributed by atoms with Gasteiger partial charge in [0.25, 0.3) is 11.8 Å². The number of alkyl halides is 3. The van der Waals surface area contributed by atoms with E-state index in [1.165, 1.54) is 6.07 Å². The zero-order valence-electron chi connectivity index (χ0n) is 36.7. The van der Waals surface area contributed by atoms with E-state index >= 15 is 4.39 Å². The molecule has 1 aliphatic carbocycles. The Morgan fingerprint density at radius 3 is 2.21 bits per heavy atom. The highest BCUT2D eigenvalue weighted by molar-refractivity contribution is 6.33. The second-order valence-electron chi connectivity index (χ2n) is 18.6. The number of piperazine rings is 1. The van der Waals surface area contributed by atoms with Gasteiger partial charge in [0.05, 0.1) is 29.4 Å². The van der Waals surface area contributed by atoms with Crippen molar-refractivity contribution in [3.05, 3.63) is 98.8 Å². The van der Waals surface area contributed by atoms with Crippen molar-refractivity contribution in [1.29, 1.82) is 5.26 Å². The minimum atomic E-state index is -4.58. The molecule has 4 aromatic rings. The number of nitrogens with one attached hydrogen (secondary N) is 3. The third-order valence-electron chi connectivity index (χ3n) is 14.0. The Morgan fingerprint density at radius 2 is 1.57 bits per heavy atom. The van der Waals surface area contributed by atoms with Crippen molar-refractivity contribution in [2.24, 2.45) is 5.41 Å². The monoisotopic (exact) mass is 942 g/mol. The molecule has 5 heterocycles. The second-order valence-corrected chi connectivity index (χ2v) is 19.0. The largest absolute Gasteiger partial charge is 0.401 e. The minimum absolute atomic E-state index is 0.00140. The summed E-state index contributed by atoms with van der Waals surface area (Å²) < 4.78 is 56.0. The van der Waals surface area contributed by atoms with Crippen LogP contribution >= 0.6 is 11.6 Å². The molecule has 0 spiro atoms. The number of nitrogens with zero attached hydrogens (tertiary/aromatic N) is 7. The fourth-order valence-corrected chi connectivity index (χ4v) is 10.2. The molecule has 3 fully saturated rings. The lowest BCUT2D eigenvalue weighted by molar-refractivity contribution is -0.182. The normalized spacial score (nSPS) is 21.9. The lowest BCUT2D eigenvalue weighted by atomic mass is 9.85. The first kappa shape index (κ1) is 45.9. The molecule has 2 unspecified atom stereocenters. The molecule has 4 aliphatic heterocycles. The van der Waals surface area contributed by atoms with Gasteiger partial charge in [0.15, 0.2) is 5.82 Å². The van der Waals surface area contributed by atoms with Crippen molar-refractivity contribution in [2.75, 3.05) is 44.2 Å². The number of rotatable bonds is 10. The van der Waals surface area contributed by atoms with Crippen LogP contribution in [0.25, 0.3) is 11.1 Å². The van der Waals surface area contributed by atoms with Crippen LogP contribution < -0.4 is 15.5 Å². The third kappa shape index (κ3) is 8.55. The minimum Gasteiger partial charge on any atom is -0.367 e. The Kier molecular flexibility index (Phi) is 12.0. The molecule has 2 atom stereocenters. The molecule has 5 aliphatic rings. The van der Waals surface area contributed by atoms with Gasteiger partial charge in [-0.1, -0.05) is 35.9 Å². The molecular formula is C47H47ClF4N10O5. The summed E-state index contributed by atoms with van der Waals surface area (Å²) in [6.45, 7) is 6.73. The Labute approximate surface area is 387 Å². The van der Waals surface area contributed by atoms with E-state index in [-0.39, 0.29) is 54.9 Å². The number of carbonyl (C=O) groups is 5. The predicted octanol–water partition coefficient (Wildman–Crippen LogP) is 5.22. The zero-order valence-corrected chi connectivity index (χ0v) is 37.5. The van der Waals surface area contributed by atoms with Gasteiger partial charge in [-0.15, -0.1) is 0 Å². The molecule has 0 radical (unpaired) electrons. The summed E-state index contributed by atoms with van der Waals surface area (Å²) in [4.78, 5) is 75.6. The summed E-state index contributed by atoms with van der Waals surface area (Å²) in [5, 5.41) is 21.7. The number of H-pyrrole nitrogens is 1. The number of amides is 5. The maximum absolute atomic E-state index is 15.5. The first-order valence-corrected chi connectivity index (χ1v) is 22.6. The van der Waals surface area contributed by atoms with Crippen molar-refractivity contribution in [1.82, 2.24) is 40.5 Å². The van der Waals surface area contributed by atoms with E-state index < -0.39 is 64.2 Å². The quantitative estimate of drug-likeness (QED) is 0.140. The average Bonchev–Trinajstić information content (AvgIpc) is 4.00. The fraction of sp³-hybridized carbons (Fsp3) is 0.447. The Balaban J connectivity index is 0.757. The maximum atomic E-state index is 15.5. The summed E-state index contributed by atoms with van der Waals surface area (Å²) in [5.41, 5.74) is 0.829. The van der Waals surface area contributed by atoms with Crippen LogP contribution in [0.15, 0.2) is 48.5 Å². The molecule has 1 aromatic heterocycles. The van der Waals surface area contributed by atoms with Gasteiger partial charge in [-0.05, 0) is 92.7 Å². The molecular weight excluding hydrogens is 896 g/mol. The van der Waals surface area contributed by atoms with Crippen molar-refractivity contribution in [2.45, 2.75) is 89.1 Å². The van der Waals surface area contributed by atoms with Crippen molar-refractivity contribution >= 4 is 46.8 Å². The Bertz CT molecular complexity index is 2720. The molecule has 3 aromatic carbocycles. The van der Waals surface area contributed by atoms with E-state index in [0.717, 1.165) is 85.1 Å². The maximum Gasteiger partial charge on any atom is 0.401 e. The summed E-state index contributed by atoms with van der Waals surface area (Å²) in [7, 11) is 0. The smallest absolute Gasteiger partial charge is 0.367 e. The number of benzene rings is 3. The molecule has 350 valence electrons. The number of likely N-dealkylation sites (tertiary alicyclic amines) is 1. The van der Waals surface area contributed by atoms with Crippen molar-refractivity contribution in [3.63, 3.8) is 0 Å². The Hall–Kier alpha value is -6.23. The predicted molar refractivity (Wildman–Crippen MR) is 235 cm³/mol. The topological polar surface area (TPSA) is 188 Å². The average molecular weight is 943 g/mol. The van der Waals surface area contributed by atoms with Gasteiger partial charge < -0.3 is 10.2 Å². The summed E-state index contributed by atoms with van der Waals surface area (Å²) >= 11 is 6.80. The molecule has 3 N–H and O–H groups in total. The van der Waals surface area contributed by atoms with Gasteiger partial charge in [-0.3, -0.25) is 49.1 Å². The first-order valence-electron chi connectivity index (χ1n) is 22.2. The molecule has 0 bridgehead atoms. The van der Waals surface area contributed by atoms with E-state index in [1.54, 1.807) is 6.07 Å². The number of halogens is 5. The van der Waals surface area contributed by atoms with Crippen LogP contribution in [0.4, 0.5) is 23.2 Å². The van der Waals surface area contributed by atoms with Gasteiger partial charge in [-0.25, -0.2) is 9.37 Å². The highest BCUT2D eigenvalue weighted by Crippen LogP contribution is 2.43. The zero-order chi connectivity index (χ0) is 47.6. The van der Waals surface area contributed by atoms with E-state index in [4.69, 9.17) is 11.6 Å². The lowest BCUT2D eigenvalue weighted by Gasteiger charge is -2.43. The number of anilines is 1. The van der Waals surface area contributed by atoms with Crippen LogP contribution in [0, 0.1) is 22.6 Å². The van der Waals surface area contributed by atoms with Gasteiger partial charge in [0.2, 0.25) is 17.7 Å². The number of aromatic amines is 1. The number of hydrogen-bond donors (Lipinski definition) is 3. The van der Waals surface area contributed by atoms with E-state index in [9.17, 15) is 42.4 Å². The molecule has 3 saturated heterocycles. The van der Waals surface area contributed by atoms with Crippen molar-refractivity contribution < 1.29 is 41.5 Å². The van der Waals surface area contributed by atoms with Crippen molar-refractivity contribution in [3.8, 4) is 17.2 Å². The second kappa shape index (κ2) is 17.4. The van der Waals surface area contributed by atoms with Gasteiger partial charge >= 0.3 is 6.18 Å². The van der Waals surface area contributed by atoms with E-state index in [0.29, 0.717) is 37.2 Å². The molecule has 0 saturated carbocycles. The number of carbonyl (C=O) groups excluding carboxylic acids is 5. The summed E-state index contributed by atoms with van der Waals surface area (Å²) in [6, 6.07) is 15.8. The fourth-order valence-electron chi connectivity index (χ4n) is 9.87. The molecule has 9 rings (SSSR count). The summed E-state index contributed by atoms with van der Waals surface area (Å²) in [6.07, 6.45) is -2.37. The molecule has 20 heteroatoms. The first-order chi connectivity index (χ1) is 31.9. The van der Waals surface area contributed by atoms with Gasteiger partial charge in [-0.2, -0.15) is 23.5 Å². The van der Waals surface area contributed by atoms with E-state index in [2.05, 4.69) is 53.8 Å². The molecule has 5 amide bonds. The third-order valence-corrected chi connectivity index (χ3v) is 14.4. The highest BCUT2D eigenvalue weighted by atomic mass is 35.5. The summed E-state index contributed by atoms with van der Waals surface area (Å²) in [5.74, 6) is -4.19. The number of fused-ring (bicyclic) bond motifs is 2. The van der Waals surface area contributed by atoms with E-state index in [1.807, 2.05) is 23.1 Å². The van der Waals surface area contributed by atoms with Crippen LogP contribution in [0.5, 0.6) is 0 Å². The SMILES string of the molecule is CC(C)(c1n[nH]c(CNC(=O)C2(C#N)Cc3cc(Cl)c(-c4ccc(CN5CCC(N6CCN(c7cc8c(cc7F)C(=O)N(C7CCC(=O)NC7=O)C8=O)CC6)CC5)cc4)cc3C2)n1)C(F)(F)F.